The van der Waals surface area contributed by atoms with Crippen LogP contribution in [-0.2, 0) is 17.4 Å². The van der Waals surface area contributed by atoms with Crippen LogP contribution in [0.25, 0.3) is 0 Å². The lowest BCUT2D eigenvalue weighted by molar-refractivity contribution is -0.137. The number of nitrogens with zero attached hydrogens (tertiary/aromatic N) is 1. The number of pyridine rings is 1. The van der Waals surface area contributed by atoms with E-state index in [2.05, 4.69) is 10.3 Å². The summed E-state index contributed by atoms with van der Waals surface area (Å²) in [5.74, 6) is 1.88. The van der Waals surface area contributed by atoms with Gasteiger partial charge in [0.25, 0.3) is 5.91 Å². The lowest BCUT2D eigenvalue weighted by Crippen LogP contribution is -2.38. The summed E-state index contributed by atoms with van der Waals surface area (Å²) in [4.78, 5) is 16.1. The van der Waals surface area contributed by atoms with Crippen LogP contribution in [-0.4, -0.2) is 35.7 Å². The van der Waals surface area contributed by atoms with Crippen LogP contribution in [0.2, 0.25) is 0 Å². The number of ether oxygens (including phenoxy) is 4. The largest absolute Gasteiger partial charge is 0.488 e. The Balaban J connectivity index is 1.21. The number of carbonyl (C=O) groups excluding carboxylic acids is 1. The second-order valence-electron chi connectivity index (χ2n) is 9.14. The fraction of sp³-hybridized carbons (Fsp3) is 0.333. The smallest absolute Gasteiger partial charge is 0.417 e. The van der Waals surface area contributed by atoms with E-state index in [0.717, 1.165) is 29.9 Å². The van der Waals surface area contributed by atoms with E-state index < -0.39 is 17.8 Å². The molecular formula is C27H27F3N2O5. The van der Waals surface area contributed by atoms with Crippen molar-refractivity contribution in [2.75, 3.05) is 13.2 Å². The molecule has 0 aliphatic carbocycles. The fourth-order valence-electron chi connectivity index (χ4n) is 3.75. The normalized spacial score (nSPS) is 14.8. The number of alkyl halides is 3. The fourth-order valence-corrected chi connectivity index (χ4v) is 3.75. The van der Waals surface area contributed by atoms with Crippen LogP contribution in [0, 0.1) is 0 Å². The van der Waals surface area contributed by atoms with Gasteiger partial charge in [0.1, 0.15) is 23.7 Å². The lowest BCUT2D eigenvalue weighted by Gasteiger charge is -2.18. The number of hydrogen-bond acceptors (Lipinski definition) is 6. The van der Waals surface area contributed by atoms with Gasteiger partial charge in [0.15, 0.2) is 17.6 Å². The molecule has 1 N–H and O–H groups in total. The van der Waals surface area contributed by atoms with E-state index in [9.17, 15) is 18.0 Å². The molecule has 1 aliphatic rings. The van der Waals surface area contributed by atoms with Crippen LogP contribution in [0.15, 0.2) is 60.8 Å². The first-order valence-corrected chi connectivity index (χ1v) is 11.7. The second kappa shape index (κ2) is 10.6. The van der Waals surface area contributed by atoms with Crippen molar-refractivity contribution in [3.05, 3.63) is 71.9 Å². The Bertz CT molecular complexity index is 1230. The number of nitrogens with one attached hydrogen (secondary N) is 1. The molecule has 2 aromatic carbocycles. The minimum Gasteiger partial charge on any atom is -0.488 e. The summed E-state index contributed by atoms with van der Waals surface area (Å²) in [6.45, 7) is 6.22. The van der Waals surface area contributed by atoms with Crippen LogP contribution < -0.4 is 24.3 Å². The van der Waals surface area contributed by atoms with Crippen molar-refractivity contribution in [1.82, 2.24) is 10.3 Å². The Labute approximate surface area is 212 Å². The van der Waals surface area contributed by atoms with Crippen molar-refractivity contribution < 1.29 is 36.9 Å². The molecule has 1 atom stereocenters. The molecule has 7 nitrogen and oxygen atoms in total. The summed E-state index contributed by atoms with van der Waals surface area (Å²) < 4.78 is 60.8. The Morgan fingerprint density at radius 3 is 2.51 bits per heavy atom. The molecule has 1 aliphatic heterocycles. The standard InChI is InChI=1S/C27H27F3N2O5/c1-17(25(33)31-13-14-34-22-6-4-5-18-15-26(2,3)37-24(18)22)35-20-8-10-21(11-9-20)36-23-12-7-19(16-32-23)27(28,29)30/h4-12,16-17H,13-15H2,1-3H3,(H,31,33). The highest BCUT2D eigenvalue weighted by Crippen LogP contribution is 2.41. The van der Waals surface area contributed by atoms with Gasteiger partial charge in [0.05, 0.1) is 12.1 Å². The van der Waals surface area contributed by atoms with Gasteiger partial charge in [0.2, 0.25) is 5.88 Å². The van der Waals surface area contributed by atoms with Crippen molar-refractivity contribution in [2.24, 2.45) is 0 Å². The van der Waals surface area contributed by atoms with Crippen molar-refractivity contribution >= 4 is 5.91 Å². The Morgan fingerprint density at radius 2 is 1.84 bits per heavy atom. The maximum absolute atomic E-state index is 12.6. The number of fused-ring (bicyclic) bond motifs is 1. The molecule has 0 spiro atoms. The maximum atomic E-state index is 12.6. The van der Waals surface area contributed by atoms with E-state index in [0.29, 0.717) is 23.4 Å². The van der Waals surface area contributed by atoms with Crippen LogP contribution >= 0.6 is 0 Å². The van der Waals surface area contributed by atoms with Crippen LogP contribution in [0.5, 0.6) is 28.9 Å². The third-order valence-electron chi connectivity index (χ3n) is 5.51. The number of benzene rings is 2. The van der Waals surface area contributed by atoms with Crippen molar-refractivity contribution in [1.29, 1.82) is 0 Å². The number of hydrogen-bond donors (Lipinski definition) is 1. The van der Waals surface area contributed by atoms with Gasteiger partial charge in [0, 0.05) is 24.2 Å². The summed E-state index contributed by atoms with van der Waals surface area (Å²) in [6, 6.07) is 14.1. The highest BCUT2D eigenvalue weighted by atomic mass is 19.4. The summed E-state index contributed by atoms with van der Waals surface area (Å²) in [5, 5.41) is 2.77. The number of amides is 1. The molecule has 196 valence electrons. The Kier molecular flexibility index (Phi) is 7.47. The van der Waals surface area contributed by atoms with E-state index in [1.165, 1.54) is 0 Å². The van der Waals surface area contributed by atoms with Gasteiger partial charge in [-0.1, -0.05) is 12.1 Å². The minimum atomic E-state index is -4.46. The second-order valence-corrected chi connectivity index (χ2v) is 9.14. The number of halogens is 3. The van der Waals surface area contributed by atoms with Crippen LogP contribution in [0.3, 0.4) is 0 Å². The first-order chi connectivity index (χ1) is 17.5. The minimum absolute atomic E-state index is 0.0207. The molecule has 0 saturated heterocycles. The van der Waals surface area contributed by atoms with Gasteiger partial charge < -0.3 is 24.3 Å². The first-order valence-electron chi connectivity index (χ1n) is 11.7. The zero-order valence-electron chi connectivity index (χ0n) is 20.6. The molecule has 2 heterocycles. The molecule has 1 unspecified atom stereocenters. The van der Waals surface area contributed by atoms with Crippen molar-refractivity contribution in [3.8, 4) is 28.9 Å². The number of para-hydroxylation sites is 1. The topological polar surface area (TPSA) is 78.9 Å². The van der Waals surface area contributed by atoms with E-state index in [1.54, 1.807) is 31.2 Å². The zero-order chi connectivity index (χ0) is 26.6. The average Bonchev–Trinajstić information content (AvgIpc) is 3.17. The number of aromatic nitrogens is 1. The van der Waals surface area contributed by atoms with E-state index in [4.69, 9.17) is 18.9 Å². The molecule has 3 aromatic rings. The van der Waals surface area contributed by atoms with Gasteiger partial charge in [-0.2, -0.15) is 13.2 Å². The van der Waals surface area contributed by atoms with Crippen molar-refractivity contribution in [2.45, 2.75) is 45.1 Å². The number of rotatable bonds is 9. The quantitative estimate of drug-likeness (QED) is 0.375. The highest BCUT2D eigenvalue weighted by molar-refractivity contribution is 5.80. The van der Waals surface area contributed by atoms with Gasteiger partial charge in [-0.25, -0.2) is 4.98 Å². The maximum Gasteiger partial charge on any atom is 0.417 e. The van der Waals surface area contributed by atoms with E-state index in [1.807, 2.05) is 32.0 Å². The Morgan fingerprint density at radius 1 is 1.11 bits per heavy atom. The van der Waals surface area contributed by atoms with Gasteiger partial charge >= 0.3 is 6.18 Å². The zero-order valence-corrected chi connectivity index (χ0v) is 20.6. The van der Waals surface area contributed by atoms with Crippen LogP contribution in [0.1, 0.15) is 31.9 Å². The molecule has 1 aromatic heterocycles. The van der Waals surface area contributed by atoms with E-state index in [-0.39, 0.29) is 30.5 Å². The molecule has 1 amide bonds. The molecule has 0 bridgehead atoms. The third kappa shape index (κ3) is 6.84. The average molecular weight is 517 g/mol. The predicted octanol–water partition coefficient (Wildman–Crippen LogP) is 5.57. The molecule has 10 heteroatoms. The van der Waals surface area contributed by atoms with Crippen molar-refractivity contribution in [3.63, 3.8) is 0 Å². The third-order valence-corrected chi connectivity index (χ3v) is 5.51. The summed E-state index contributed by atoms with van der Waals surface area (Å²) in [6.07, 6.45) is -3.72. The SMILES string of the molecule is CC(Oc1ccc(Oc2ccc(C(F)(F)F)cn2)cc1)C(=O)NCCOc1cccc2c1OC(C)(C)C2. The first kappa shape index (κ1) is 26.1. The molecule has 37 heavy (non-hydrogen) atoms. The molecule has 0 radical (unpaired) electrons. The predicted molar refractivity (Wildman–Crippen MR) is 129 cm³/mol. The lowest BCUT2D eigenvalue weighted by atomic mass is 10.0. The molecular weight excluding hydrogens is 489 g/mol. The number of carbonyl (C=O) groups is 1. The van der Waals surface area contributed by atoms with Gasteiger partial charge in [-0.05, 0) is 57.2 Å². The van der Waals surface area contributed by atoms with Crippen LogP contribution in [0.4, 0.5) is 13.2 Å². The summed E-state index contributed by atoms with van der Waals surface area (Å²) in [7, 11) is 0. The summed E-state index contributed by atoms with van der Waals surface area (Å²) in [5.41, 5.74) is -0.0312. The summed E-state index contributed by atoms with van der Waals surface area (Å²) >= 11 is 0. The Hall–Kier alpha value is -3.95. The van der Waals surface area contributed by atoms with Gasteiger partial charge in [-0.3, -0.25) is 4.79 Å². The molecule has 0 saturated carbocycles. The molecule has 4 rings (SSSR count). The highest BCUT2D eigenvalue weighted by Gasteiger charge is 2.32. The monoisotopic (exact) mass is 516 g/mol. The molecule has 0 fully saturated rings. The van der Waals surface area contributed by atoms with E-state index >= 15 is 0 Å². The van der Waals surface area contributed by atoms with Gasteiger partial charge in [-0.15, -0.1) is 0 Å².